The van der Waals surface area contributed by atoms with Gasteiger partial charge in [0.2, 0.25) is 5.75 Å². The van der Waals surface area contributed by atoms with Crippen LogP contribution in [0.1, 0.15) is 0 Å². The van der Waals surface area contributed by atoms with Gasteiger partial charge < -0.3 is 10.1 Å². The molecule has 1 N–H and O–H groups in total. The third kappa shape index (κ3) is 2.21. The molecule has 1 aromatic carbocycles. The van der Waals surface area contributed by atoms with Crippen LogP contribution in [0.5, 0.6) is 11.8 Å². The largest absolute Gasteiger partial charge is 0.416 e. The van der Waals surface area contributed by atoms with E-state index in [-0.39, 0.29) is 17.4 Å². The number of hydrogen-bond donors (Lipinski definition) is 1. The molecular weight excluding hydrogens is 238 g/mol. The van der Waals surface area contributed by atoms with Crippen LogP contribution in [0.15, 0.2) is 24.5 Å². The highest BCUT2D eigenvalue weighted by molar-refractivity contribution is 5.68. The predicted octanol–water partition coefficient (Wildman–Crippen LogP) is 1.56. The lowest BCUT2D eigenvalue weighted by Crippen LogP contribution is -1.99. The van der Waals surface area contributed by atoms with Gasteiger partial charge >= 0.3 is 11.7 Å². The standard InChI is InChI=1S/C10H11N5O3/c1-11-7-4-3-5-8(9(7)15(16)17)18-10-12-6-14(2)13-10/h3-6,11H,1-2H3. The van der Waals surface area contributed by atoms with Crippen LogP contribution in [0, 0.1) is 10.1 Å². The third-order valence-electron chi connectivity index (χ3n) is 2.23. The zero-order valence-corrected chi connectivity index (χ0v) is 9.82. The first-order valence-corrected chi connectivity index (χ1v) is 5.10. The van der Waals surface area contributed by atoms with Crippen LogP contribution in [0.3, 0.4) is 0 Å². The van der Waals surface area contributed by atoms with Crippen molar-refractivity contribution in [1.82, 2.24) is 14.8 Å². The molecular formula is C10H11N5O3. The molecule has 8 nitrogen and oxygen atoms in total. The number of aryl methyl sites for hydroxylation is 1. The minimum atomic E-state index is -0.510. The third-order valence-corrected chi connectivity index (χ3v) is 2.23. The fourth-order valence-corrected chi connectivity index (χ4v) is 1.46. The van der Waals surface area contributed by atoms with Crippen LogP contribution >= 0.6 is 0 Å². The van der Waals surface area contributed by atoms with E-state index in [9.17, 15) is 10.1 Å². The van der Waals surface area contributed by atoms with Gasteiger partial charge in [-0.25, -0.2) is 0 Å². The Bertz CT molecular complexity index is 581. The number of nitro groups is 1. The highest BCUT2D eigenvalue weighted by Crippen LogP contribution is 2.36. The summed E-state index contributed by atoms with van der Waals surface area (Å²) in [5.41, 5.74) is 0.223. The van der Waals surface area contributed by atoms with Crippen molar-refractivity contribution in [2.45, 2.75) is 0 Å². The number of benzene rings is 1. The summed E-state index contributed by atoms with van der Waals surface area (Å²) in [6, 6.07) is 4.80. The van der Waals surface area contributed by atoms with E-state index in [4.69, 9.17) is 4.74 Å². The van der Waals surface area contributed by atoms with Crippen molar-refractivity contribution in [3.8, 4) is 11.8 Å². The predicted molar refractivity (Wildman–Crippen MR) is 63.7 cm³/mol. The van der Waals surface area contributed by atoms with Gasteiger partial charge in [-0.3, -0.25) is 14.8 Å². The molecule has 0 aliphatic rings. The summed E-state index contributed by atoms with van der Waals surface area (Å²) in [6.07, 6.45) is 1.45. The molecule has 0 saturated heterocycles. The van der Waals surface area contributed by atoms with E-state index in [1.54, 1.807) is 26.2 Å². The van der Waals surface area contributed by atoms with Crippen LogP contribution in [0.25, 0.3) is 0 Å². The number of anilines is 1. The van der Waals surface area contributed by atoms with Gasteiger partial charge in [-0.15, -0.1) is 5.10 Å². The minimum Gasteiger partial charge on any atom is -0.416 e. The van der Waals surface area contributed by atoms with Crippen molar-refractivity contribution in [2.75, 3.05) is 12.4 Å². The Labute approximate surface area is 102 Å². The van der Waals surface area contributed by atoms with Gasteiger partial charge in [-0.05, 0) is 12.1 Å². The topological polar surface area (TPSA) is 95.1 Å². The summed E-state index contributed by atoms with van der Waals surface area (Å²) in [7, 11) is 3.28. The van der Waals surface area contributed by atoms with Crippen molar-refractivity contribution in [3.63, 3.8) is 0 Å². The summed E-state index contributed by atoms with van der Waals surface area (Å²) < 4.78 is 6.76. The van der Waals surface area contributed by atoms with Crippen LogP contribution in [0.2, 0.25) is 0 Å². The Kier molecular flexibility index (Phi) is 3.09. The lowest BCUT2D eigenvalue weighted by molar-refractivity contribution is -0.384. The number of nitro benzene ring substituents is 1. The van der Waals surface area contributed by atoms with Crippen LogP contribution < -0.4 is 10.1 Å². The number of ether oxygens (including phenoxy) is 1. The monoisotopic (exact) mass is 249 g/mol. The van der Waals surface area contributed by atoms with Gasteiger partial charge in [0, 0.05) is 14.1 Å². The van der Waals surface area contributed by atoms with E-state index in [1.165, 1.54) is 17.1 Å². The molecule has 0 atom stereocenters. The second-order valence-corrected chi connectivity index (χ2v) is 3.46. The van der Waals surface area contributed by atoms with Gasteiger partial charge in [0.25, 0.3) is 0 Å². The van der Waals surface area contributed by atoms with E-state index >= 15 is 0 Å². The Hall–Kier alpha value is -2.64. The molecule has 2 rings (SSSR count). The van der Waals surface area contributed by atoms with Crippen molar-refractivity contribution in [1.29, 1.82) is 0 Å². The summed E-state index contributed by atoms with van der Waals surface area (Å²) >= 11 is 0. The number of hydrogen-bond acceptors (Lipinski definition) is 6. The Morgan fingerprint density at radius 3 is 2.83 bits per heavy atom. The lowest BCUT2D eigenvalue weighted by atomic mass is 10.2. The SMILES string of the molecule is CNc1cccc(Oc2ncn(C)n2)c1[N+](=O)[O-]. The molecule has 18 heavy (non-hydrogen) atoms. The van der Waals surface area contributed by atoms with Gasteiger partial charge in [-0.2, -0.15) is 4.98 Å². The van der Waals surface area contributed by atoms with E-state index in [2.05, 4.69) is 15.4 Å². The van der Waals surface area contributed by atoms with E-state index in [0.29, 0.717) is 5.69 Å². The number of nitrogens with one attached hydrogen (secondary N) is 1. The molecule has 0 radical (unpaired) electrons. The molecule has 2 aromatic rings. The van der Waals surface area contributed by atoms with Crippen LogP contribution in [-0.2, 0) is 7.05 Å². The maximum absolute atomic E-state index is 11.0. The molecule has 0 aliphatic heterocycles. The molecule has 94 valence electrons. The van der Waals surface area contributed by atoms with Crippen molar-refractivity contribution >= 4 is 11.4 Å². The Balaban J connectivity index is 2.41. The number of para-hydroxylation sites is 1. The first-order valence-electron chi connectivity index (χ1n) is 5.10. The molecule has 0 amide bonds. The summed E-state index contributed by atoms with van der Waals surface area (Å²) in [5.74, 6) is 0.0954. The average Bonchev–Trinajstić information content (AvgIpc) is 2.74. The van der Waals surface area contributed by atoms with Gasteiger partial charge in [0.15, 0.2) is 0 Å². The lowest BCUT2D eigenvalue weighted by Gasteiger charge is -2.06. The smallest absolute Gasteiger partial charge is 0.341 e. The van der Waals surface area contributed by atoms with Crippen molar-refractivity contribution < 1.29 is 9.66 Å². The fourth-order valence-electron chi connectivity index (χ4n) is 1.46. The molecule has 0 fully saturated rings. The highest BCUT2D eigenvalue weighted by Gasteiger charge is 2.21. The van der Waals surface area contributed by atoms with Gasteiger partial charge in [0.1, 0.15) is 12.0 Å². The second kappa shape index (κ2) is 4.70. The number of rotatable bonds is 4. The molecule has 0 saturated carbocycles. The highest BCUT2D eigenvalue weighted by atomic mass is 16.6. The summed E-state index contributed by atoms with van der Waals surface area (Å²) in [6.45, 7) is 0. The second-order valence-electron chi connectivity index (χ2n) is 3.46. The molecule has 1 aromatic heterocycles. The minimum absolute atomic E-state index is 0.0638. The molecule has 1 heterocycles. The Morgan fingerprint density at radius 1 is 1.50 bits per heavy atom. The normalized spacial score (nSPS) is 10.1. The molecule has 0 aliphatic carbocycles. The number of nitrogens with zero attached hydrogens (tertiary/aromatic N) is 4. The van der Waals surface area contributed by atoms with Crippen LogP contribution in [0.4, 0.5) is 11.4 Å². The zero-order valence-electron chi connectivity index (χ0n) is 9.82. The van der Waals surface area contributed by atoms with Crippen LogP contribution in [-0.4, -0.2) is 26.7 Å². The molecule has 0 bridgehead atoms. The maximum Gasteiger partial charge on any atom is 0.341 e. The maximum atomic E-state index is 11.0. The summed E-state index contributed by atoms with van der Waals surface area (Å²) in [4.78, 5) is 14.4. The average molecular weight is 249 g/mol. The summed E-state index contributed by atoms with van der Waals surface area (Å²) in [5, 5.41) is 17.7. The van der Waals surface area contributed by atoms with Crippen molar-refractivity contribution in [3.05, 3.63) is 34.6 Å². The van der Waals surface area contributed by atoms with E-state index in [0.717, 1.165) is 0 Å². The zero-order chi connectivity index (χ0) is 13.1. The first-order chi connectivity index (χ1) is 8.61. The van der Waals surface area contributed by atoms with E-state index < -0.39 is 4.92 Å². The first kappa shape index (κ1) is 11.8. The van der Waals surface area contributed by atoms with Gasteiger partial charge in [-0.1, -0.05) is 6.07 Å². The van der Waals surface area contributed by atoms with Crippen molar-refractivity contribution in [2.24, 2.45) is 7.05 Å². The number of aromatic nitrogens is 3. The fraction of sp³-hybridized carbons (Fsp3) is 0.200. The van der Waals surface area contributed by atoms with E-state index in [1.807, 2.05) is 0 Å². The molecule has 0 spiro atoms. The molecule has 8 heteroatoms. The quantitative estimate of drug-likeness (QED) is 0.652. The van der Waals surface area contributed by atoms with Gasteiger partial charge in [0.05, 0.1) is 4.92 Å². The molecule has 0 unspecified atom stereocenters. The Morgan fingerprint density at radius 2 is 2.28 bits per heavy atom.